The predicted molar refractivity (Wildman–Crippen MR) is 321 cm³/mol. The van der Waals surface area contributed by atoms with Gasteiger partial charge in [-0.3, -0.25) is 9.59 Å². The fourth-order valence-corrected chi connectivity index (χ4v) is 12.1. The summed E-state index contributed by atoms with van der Waals surface area (Å²) in [5, 5.41) is 62.0. The third-order valence-electron chi connectivity index (χ3n) is 15.9. The number of rotatable bonds is 49. The molecule has 0 spiro atoms. The van der Waals surface area contributed by atoms with E-state index in [1.165, 1.54) is 167 Å². The standard InChI is InChI=1S/C63H112N4O11S/c1-5-7-9-11-13-15-17-18-19-20-21-22-23-24-25-26-27-28-29-31-33-35-37-45-58(70)66-52(59(71)54(68)43-36-34-32-30-16-14-12-10-8-6-2)49-77-63-62(74)61(73)60(72)55(78-63)48-64-57(69)46-47-65-79(75,76)56-44-39-40-50-51(56)41-38-42-53(50)67(3)4/h38-42,44,52,54-55,59-63,65,68,71-74H,5-37,43,45-49H2,1-4H3,(H,64,69)(H,66,70)/t52-,54+,55+,59-,60-,61-,62+,63-/m0/s1. The van der Waals surface area contributed by atoms with Gasteiger partial charge in [-0.1, -0.05) is 244 Å². The van der Waals surface area contributed by atoms with Crippen LogP contribution in [0.1, 0.15) is 245 Å². The average Bonchev–Trinajstić information content (AvgIpc) is 3.54. The summed E-state index contributed by atoms with van der Waals surface area (Å²) in [6.07, 6.45) is 30.6. The first-order valence-electron chi connectivity index (χ1n) is 31.6. The highest BCUT2D eigenvalue weighted by Gasteiger charge is 2.45. The summed E-state index contributed by atoms with van der Waals surface area (Å²) >= 11 is 0. The van der Waals surface area contributed by atoms with Crippen molar-refractivity contribution in [3.05, 3.63) is 36.4 Å². The highest BCUT2D eigenvalue weighted by atomic mass is 32.2. The highest BCUT2D eigenvalue weighted by Crippen LogP contribution is 2.30. The van der Waals surface area contributed by atoms with Crippen LogP contribution < -0.4 is 20.3 Å². The monoisotopic (exact) mass is 1130 g/mol. The Bertz CT molecular complexity index is 1990. The maximum absolute atomic E-state index is 13.4. The molecule has 1 heterocycles. The van der Waals surface area contributed by atoms with Crippen molar-refractivity contribution in [2.24, 2.45) is 0 Å². The van der Waals surface area contributed by atoms with Gasteiger partial charge in [0.2, 0.25) is 21.8 Å². The Morgan fingerprint density at radius 1 is 0.582 bits per heavy atom. The smallest absolute Gasteiger partial charge is 0.241 e. The summed E-state index contributed by atoms with van der Waals surface area (Å²) in [6, 6.07) is 9.35. The van der Waals surface area contributed by atoms with Crippen LogP contribution in [0.3, 0.4) is 0 Å². The number of carbonyl (C=O) groups is 2. The molecule has 1 aliphatic rings. The molecule has 16 heteroatoms. The zero-order valence-corrected chi connectivity index (χ0v) is 50.5. The topological polar surface area (TPSA) is 227 Å². The van der Waals surface area contributed by atoms with Crippen LogP contribution in [0, 0.1) is 0 Å². The van der Waals surface area contributed by atoms with E-state index >= 15 is 0 Å². The second-order valence-electron chi connectivity index (χ2n) is 23.1. The number of carbonyl (C=O) groups excluding carboxylic acids is 2. The molecule has 0 radical (unpaired) electrons. The average molecular weight is 1130 g/mol. The number of ether oxygens (including phenoxy) is 2. The molecule has 8 N–H and O–H groups in total. The van der Waals surface area contributed by atoms with Gasteiger partial charge < -0.3 is 50.5 Å². The second-order valence-corrected chi connectivity index (χ2v) is 24.8. The fraction of sp³-hybridized carbons (Fsp3) is 0.810. The molecule has 0 aromatic heterocycles. The van der Waals surface area contributed by atoms with Crippen molar-refractivity contribution in [1.82, 2.24) is 15.4 Å². The summed E-state index contributed by atoms with van der Waals surface area (Å²) in [7, 11) is -0.253. The van der Waals surface area contributed by atoms with Crippen molar-refractivity contribution in [3.63, 3.8) is 0 Å². The van der Waals surface area contributed by atoms with Gasteiger partial charge in [-0.25, -0.2) is 13.1 Å². The molecule has 15 nitrogen and oxygen atoms in total. The number of benzene rings is 2. The van der Waals surface area contributed by atoms with Gasteiger partial charge in [-0.15, -0.1) is 0 Å². The van der Waals surface area contributed by atoms with Crippen LogP contribution >= 0.6 is 0 Å². The Morgan fingerprint density at radius 2 is 1.04 bits per heavy atom. The molecule has 0 saturated carbocycles. The van der Waals surface area contributed by atoms with Gasteiger partial charge in [0.25, 0.3) is 0 Å². The molecule has 0 unspecified atom stereocenters. The number of sulfonamides is 1. The van der Waals surface area contributed by atoms with Crippen molar-refractivity contribution >= 4 is 38.3 Å². The minimum absolute atomic E-state index is 0.0794. The Kier molecular flexibility index (Phi) is 38.1. The molecule has 8 atom stereocenters. The minimum Gasteiger partial charge on any atom is -0.390 e. The number of hydrogen-bond donors (Lipinski definition) is 8. The SMILES string of the molecule is CCCCCCCCCCCCCCCCCCCCCCCCCC(=O)N[C@@H](CO[C@H]1O[C@H](CNC(=O)CCNS(=O)(=O)c2cccc3c(N(C)C)cccc23)[C@H](O)[C@H](O)[C@H]1O)[C@H](O)[C@H](O)CCCCCCCCCCCC. The summed E-state index contributed by atoms with van der Waals surface area (Å²) < 4.78 is 41.0. The molecular formula is C63H112N4O11S. The molecule has 79 heavy (non-hydrogen) atoms. The van der Waals surface area contributed by atoms with E-state index in [4.69, 9.17) is 9.47 Å². The Balaban J connectivity index is 1.41. The summed E-state index contributed by atoms with van der Waals surface area (Å²) in [4.78, 5) is 28.3. The number of aliphatic hydroxyl groups excluding tert-OH is 5. The Hall–Kier alpha value is -2.93. The second kappa shape index (κ2) is 42.8. The number of amides is 2. The number of hydrogen-bond acceptors (Lipinski definition) is 12. The van der Waals surface area contributed by atoms with Crippen LogP contribution in [0.5, 0.6) is 0 Å². The van der Waals surface area contributed by atoms with Crippen molar-refractivity contribution in [2.45, 2.75) is 299 Å². The van der Waals surface area contributed by atoms with E-state index in [0.717, 1.165) is 49.6 Å². The first-order valence-corrected chi connectivity index (χ1v) is 33.1. The normalized spacial score (nSPS) is 18.9. The third-order valence-corrected chi connectivity index (χ3v) is 17.4. The van der Waals surface area contributed by atoms with Gasteiger partial charge in [0.1, 0.15) is 30.5 Å². The predicted octanol–water partition coefficient (Wildman–Crippen LogP) is 11.4. The lowest BCUT2D eigenvalue weighted by Gasteiger charge is -2.41. The minimum atomic E-state index is -4.01. The molecule has 1 fully saturated rings. The van der Waals surface area contributed by atoms with Crippen molar-refractivity contribution in [3.8, 4) is 0 Å². The first-order chi connectivity index (χ1) is 38.2. The molecule has 3 rings (SSSR count). The van der Waals surface area contributed by atoms with Crippen LogP contribution in [0.25, 0.3) is 10.8 Å². The lowest BCUT2D eigenvalue weighted by Crippen LogP contribution is -2.61. The van der Waals surface area contributed by atoms with Gasteiger partial charge in [0, 0.05) is 56.5 Å². The maximum atomic E-state index is 13.4. The van der Waals surface area contributed by atoms with E-state index in [2.05, 4.69) is 29.2 Å². The Labute approximate surface area is 478 Å². The Morgan fingerprint density at radius 3 is 1.53 bits per heavy atom. The molecule has 1 aliphatic heterocycles. The van der Waals surface area contributed by atoms with Gasteiger partial charge in [-0.05, 0) is 25.0 Å². The van der Waals surface area contributed by atoms with Crippen LogP contribution in [0.4, 0.5) is 5.69 Å². The number of unbranched alkanes of at least 4 members (excludes halogenated alkanes) is 31. The molecule has 1 saturated heterocycles. The lowest BCUT2D eigenvalue weighted by molar-refractivity contribution is -0.297. The van der Waals surface area contributed by atoms with E-state index in [0.29, 0.717) is 24.6 Å². The summed E-state index contributed by atoms with van der Waals surface area (Å²) in [5.41, 5.74) is 0.857. The van der Waals surface area contributed by atoms with Gasteiger partial charge >= 0.3 is 0 Å². The summed E-state index contributed by atoms with van der Waals surface area (Å²) in [5.74, 6) is -0.867. The highest BCUT2D eigenvalue weighted by molar-refractivity contribution is 7.89. The third kappa shape index (κ3) is 29.2. The van der Waals surface area contributed by atoms with Gasteiger partial charge in [0.15, 0.2) is 6.29 Å². The zero-order chi connectivity index (χ0) is 57.5. The fourth-order valence-electron chi connectivity index (χ4n) is 10.8. The molecule has 2 aromatic carbocycles. The quantitative estimate of drug-likeness (QED) is 0.0290. The molecule has 456 valence electrons. The van der Waals surface area contributed by atoms with Crippen LogP contribution in [0.15, 0.2) is 41.3 Å². The van der Waals surface area contributed by atoms with E-state index < -0.39 is 71.5 Å². The lowest BCUT2D eigenvalue weighted by atomic mass is 9.98. The maximum Gasteiger partial charge on any atom is 0.241 e. The number of nitrogens with zero attached hydrogens (tertiary/aromatic N) is 1. The van der Waals surface area contributed by atoms with E-state index in [1.54, 1.807) is 18.2 Å². The number of fused-ring (bicyclic) bond motifs is 1. The number of anilines is 1. The van der Waals surface area contributed by atoms with E-state index in [9.17, 15) is 43.5 Å². The number of nitrogens with one attached hydrogen (secondary N) is 3. The van der Waals surface area contributed by atoms with E-state index in [-0.39, 0.29) is 36.7 Å². The van der Waals surface area contributed by atoms with Gasteiger partial charge in [0.05, 0.1) is 23.6 Å². The first kappa shape index (κ1) is 70.3. The zero-order valence-electron chi connectivity index (χ0n) is 49.7. The van der Waals surface area contributed by atoms with Gasteiger partial charge in [-0.2, -0.15) is 0 Å². The van der Waals surface area contributed by atoms with Crippen molar-refractivity contribution in [2.75, 3.05) is 38.7 Å². The largest absolute Gasteiger partial charge is 0.390 e. The van der Waals surface area contributed by atoms with Crippen molar-refractivity contribution < 1.29 is 53.0 Å². The van der Waals surface area contributed by atoms with Crippen LogP contribution in [-0.2, 0) is 29.1 Å². The van der Waals surface area contributed by atoms with E-state index in [1.807, 2.05) is 31.1 Å². The van der Waals surface area contributed by atoms with Crippen molar-refractivity contribution in [1.29, 1.82) is 0 Å². The molecule has 2 amide bonds. The molecule has 0 bridgehead atoms. The van der Waals surface area contributed by atoms with Crippen LogP contribution in [-0.4, -0.2) is 129 Å². The molecule has 2 aromatic rings. The van der Waals surface area contributed by atoms with Crippen LogP contribution in [0.2, 0.25) is 0 Å². The number of aliphatic hydroxyl groups is 5. The molecule has 0 aliphatic carbocycles. The molecular weight excluding hydrogens is 1020 g/mol. The summed E-state index contributed by atoms with van der Waals surface area (Å²) in [6.45, 7) is 3.56.